The molecule has 0 atom stereocenters. The van der Waals surface area contributed by atoms with Crippen LogP contribution < -0.4 is 5.32 Å². The minimum atomic E-state index is -0.625. The van der Waals surface area contributed by atoms with E-state index in [-0.39, 0.29) is 5.69 Å². The van der Waals surface area contributed by atoms with E-state index in [4.69, 9.17) is 0 Å². The van der Waals surface area contributed by atoms with E-state index in [0.717, 1.165) is 41.7 Å². The highest BCUT2D eigenvalue weighted by Gasteiger charge is 2.15. The predicted octanol–water partition coefficient (Wildman–Crippen LogP) is 3.49. The molecule has 0 saturated heterocycles. The highest BCUT2D eigenvalue weighted by Crippen LogP contribution is 2.20. The maximum Gasteiger partial charge on any atom is 0.151 e. The second-order valence-electron chi connectivity index (χ2n) is 5.90. The minimum Gasteiger partial charge on any atom is -0.312 e. The van der Waals surface area contributed by atoms with Gasteiger partial charge in [-0.3, -0.25) is 4.98 Å². The van der Waals surface area contributed by atoms with Crippen molar-refractivity contribution in [1.29, 1.82) is 0 Å². The SMILES string of the molecule is Cc1nn(-c2ccc(F)cc2F)c(C)c1CNCCc1ccccn1. The van der Waals surface area contributed by atoms with E-state index >= 15 is 0 Å². The topological polar surface area (TPSA) is 42.7 Å². The molecule has 25 heavy (non-hydrogen) atoms. The lowest BCUT2D eigenvalue weighted by Crippen LogP contribution is -2.18. The Morgan fingerprint density at radius 3 is 2.68 bits per heavy atom. The van der Waals surface area contributed by atoms with E-state index in [1.54, 1.807) is 6.20 Å². The third kappa shape index (κ3) is 3.91. The van der Waals surface area contributed by atoms with E-state index in [0.29, 0.717) is 6.54 Å². The number of hydrogen-bond donors (Lipinski definition) is 1. The molecule has 0 bridgehead atoms. The molecular weight excluding hydrogens is 322 g/mol. The molecule has 0 amide bonds. The first-order valence-corrected chi connectivity index (χ1v) is 8.17. The van der Waals surface area contributed by atoms with Gasteiger partial charge in [0.05, 0.1) is 5.69 Å². The van der Waals surface area contributed by atoms with Crippen molar-refractivity contribution >= 4 is 0 Å². The molecular formula is C19H20F2N4. The van der Waals surface area contributed by atoms with Crippen molar-refractivity contribution < 1.29 is 8.78 Å². The van der Waals surface area contributed by atoms with Crippen molar-refractivity contribution in [3.63, 3.8) is 0 Å². The molecule has 0 unspecified atom stereocenters. The number of pyridine rings is 1. The fourth-order valence-corrected chi connectivity index (χ4v) is 2.79. The summed E-state index contributed by atoms with van der Waals surface area (Å²) in [7, 11) is 0. The Kier molecular flexibility index (Phi) is 5.19. The Morgan fingerprint density at radius 2 is 1.96 bits per heavy atom. The van der Waals surface area contributed by atoms with Crippen LogP contribution in [-0.4, -0.2) is 21.3 Å². The van der Waals surface area contributed by atoms with Crippen LogP contribution >= 0.6 is 0 Å². The standard InChI is InChI=1S/C19H20F2N4/c1-13-17(12-22-10-8-16-5-3-4-9-23-16)14(2)25(24-13)19-7-6-15(20)11-18(19)21/h3-7,9,11,22H,8,10,12H2,1-2H3. The second-order valence-corrected chi connectivity index (χ2v) is 5.90. The Labute approximate surface area is 145 Å². The fraction of sp³-hybridized carbons (Fsp3) is 0.263. The van der Waals surface area contributed by atoms with Gasteiger partial charge in [-0.1, -0.05) is 6.07 Å². The smallest absolute Gasteiger partial charge is 0.151 e. The number of nitrogens with zero attached hydrogens (tertiary/aromatic N) is 3. The lowest BCUT2D eigenvalue weighted by molar-refractivity contribution is 0.572. The van der Waals surface area contributed by atoms with Crippen molar-refractivity contribution in [2.24, 2.45) is 0 Å². The zero-order valence-electron chi connectivity index (χ0n) is 14.3. The van der Waals surface area contributed by atoms with Gasteiger partial charge >= 0.3 is 0 Å². The zero-order chi connectivity index (χ0) is 17.8. The molecule has 2 aromatic heterocycles. The monoisotopic (exact) mass is 342 g/mol. The number of benzene rings is 1. The maximum absolute atomic E-state index is 14.0. The van der Waals surface area contributed by atoms with Crippen LogP contribution in [0.2, 0.25) is 0 Å². The van der Waals surface area contributed by atoms with Crippen molar-refractivity contribution in [3.05, 3.63) is 76.9 Å². The first-order chi connectivity index (χ1) is 12.1. The summed E-state index contributed by atoms with van der Waals surface area (Å²) in [6.07, 6.45) is 2.62. The molecule has 130 valence electrons. The molecule has 3 rings (SSSR count). The lowest BCUT2D eigenvalue weighted by atomic mass is 10.2. The molecule has 6 heteroatoms. The molecule has 0 aliphatic heterocycles. The largest absolute Gasteiger partial charge is 0.312 e. The van der Waals surface area contributed by atoms with E-state index in [1.807, 2.05) is 32.0 Å². The molecule has 2 heterocycles. The fourth-order valence-electron chi connectivity index (χ4n) is 2.79. The van der Waals surface area contributed by atoms with Crippen LogP contribution in [0.5, 0.6) is 0 Å². The van der Waals surface area contributed by atoms with Crippen molar-refractivity contribution in [2.45, 2.75) is 26.8 Å². The Bertz CT molecular complexity index is 859. The highest BCUT2D eigenvalue weighted by atomic mass is 19.1. The first-order valence-electron chi connectivity index (χ1n) is 8.17. The van der Waals surface area contributed by atoms with E-state index in [9.17, 15) is 8.78 Å². The summed E-state index contributed by atoms with van der Waals surface area (Å²) in [5.74, 6) is -1.22. The molecule has 0 fully saturated rings. The number of nitrogens with one attached hydrogen (secondary N) is 1. The van der Waals surface area contributed by atoms with Gasteiger partial charge in [0.25, 0.3) is 0 Å². The van der Waals surface area contributed by atoms with E-state index in [1.165, 1.54) is 16.8 Å². The third-order valence-corrected chi connectivity index (χ3v) is 4.16. The van der Waals surface area contributed by atoms with Gasteiger partial charge in [-0.15, -0.1) is 0 Å². The van der Waals surface area contributed by atoms with Crippen LogP contribution in [0.1, 0.15) is 22.6 Å². The Balaban J connectivity index is 1.69. The summed E-state index contributed by atoms with van der Waals surface area (Å²) in [5, 5.41) is 7.78. The highest BCUT2D eigenvalue weighted by molar-refractivity contribution is 5.38. The average Bonchev–Trinajstić information content (AvgIpc) is 2.87. The van der Waals surface area contributed by atoms with Gasteiger partial charge in [-0.25, -0.2) is 13.5 Å². The number of hydrogen-bond acceptors (Lipinski definition) is 3. The summed E-state index contributed by atoms with van der Waals surface area (Å²) in [6.45, 7) is 5.19. The minimum absolute atomic E-state index is 0.252. The molecule has 0 spiro atoms. The number of rotatable bonds is 6. The lowest BCUT2D eigenvalue weighted by Gasteiger charge is -2.08. The predicted molar refractivity (Wildman–Crippen MR) is 92.6 cm³/mol. The number of aryl methyl sites for hydroxylation is 1. The summed E-state index contributed by atoms with van der Waals surface area (Å²) in [5.41, 5.74) is 3.97. The number of aromatic nitrogens is 3. The Hall–Kier alpha value is -2.60. The summed E-state index contributed by atoms with van der Waals surface area (Å²) >= 11 is 0. The molecule has 3 aromatic rings. The second kappa shape index (κ2) is 7.53. The molecule has 0 radical (unpaired) electrons. The third-order valence-electron chi connectivity index (χ3n) is 4.16. The maximum atomic E-state index is 14.0. The average molecular weight is 342 g/mol. The molecule has 1 aromatic carbocycles. The Morgan fingerprint density at radius 1 is 1.12 bits per heavy atom. The number of halogens is 2. The van der Waals surface area contributed by atoms with Gasteiger partial charge in [0.15, 0.2) is 5.82 Å². The van der Waals surface area contributed by atoms with E-state index in [2.05, 4.69) is 15.4 Å². The quantitative estimate of drug-likeness (QED) is 0.697. The van der Waals surface area contributed by atoms with Crippen molar-refractivity contribution in [3.8, 4) is 5.69 Å². The first kappa shape index (κ1) is 17.2. The molecule has 4 nitrogen and oxygen atoms in total. The summed E-state index contributed by atoms with van der Waals surface area (Å²) < 4.78 is 28.7. The van der Waals surface area contributed by atoms with Gasteiger partial charge in [0.2, 0.25) is 0 Å². The van der Waals surface area contributed by atoms with Crippen molar-refractivity contribution in [1.82, 2.24) is 20.1 Å². The summed E-state index contributed by atoms with van der Waals surface area (Å²) in [6, 6.07) is 9.37. The van der Waals surface area contributed by atoms with E-state index < -0.39 is 11.6 Å². The zero-order valence-corrected chi connectivity index (χ0v) is 14.3. The van der Waals surface area contributed by atoms with Gasteiger partial charge in [-0.2, -0.15) is 5.10 Å². The van der Waals surface area contributed by atoms with Crippen LogP contribution in [0.25, 0.3) is 5.69 Å². The normalized spacial score (nSPS) is 11.0. The van der Waals surface area contributed by atoms with Crippen LogP contribution in [0, 0.1) is 25.5 Å². The van der Waals surface area contributed by atoms with Gasteiger partial charge < -0.3 is 5.32 Å². The van der Waals surface area contributed by atoms with Crippen LogP contribution in [-0.2, 0) is 13.0 Å². The van der Waals surface area contributed by atoms with Gasteiger partial charge in [0.1, 0.15) is 11.5 Å². The van der Waals surface area contributed by atoms with Crippen LogP contribution in [0.4, 0.5) is 8.78 Å². The van der Waals surface area contributed by atoms with Gasteiger partial charge in [0, 0.05) is 48.7 Å². The summed E-state index contributed by atoms with van der Waals surface area (Å²) in [4.78, 5) is 4.29. The molecule has 0 aliphatic rings. The van der Waals surface area contributed by atoms with Gasteiger partial charge in [-0.05, 0) is 38.1 Å². The van der Waals surface area contributed by atoms with Crippen LogP contribution in [0.15, 0.2) is 42.6 Å². The molecule has 0 aliphatic carbocycles. The molecule has 1 N–H and O–H groups in total. The van der Waals surface area contributed by atoms with Crippen LogP contribution in [0.3, 0.4) is 0 Å². The molecule has 0 saturated carbocycles. The van der Waals surface area contributed by atoms with Crippen molar-refractivity contribution in [2.75, 3.05) is 6.54 Å².